The largest absolute Gasteiger partial charge is 0.409 e. The molecule has 0 spiro atoms. The standard InChI is InChI=1S/C15H23N3O2/c1-5-15(6-2,14(16)18-20)17-13(19)12-10(3)8-7-9-11(12)4/h7-9,20H,5-6H2,1-4H3,(H2,16,18)(H,17,19). The molecule has 20 heavy (non-hydrogen) atoms. The van der Waals surface area contributed by atoms with Crippen molar-refractivity contribution in [3.8, 4) is 0 Å². The van der Waals surface area contributed by atoms with E-state index in [1.807, 2.05) is 45.9 Å². The maximum Gasteiger partial charge on any atom is 0.252 e. The minimum absolute atomic E-state index is 0.0297. The average molecular weight is 277 g/mol. The van der Waals surface area contributed by atoms with Crippen molar-refractivity contribution >= 4 is 11.7 Å². The molecule has 0 radical (unpaired) electrons. The van der Waals surface area contributed by atoms with Gasteiger partial charge in [-0.25, -0.2) is 0 Å². The van der Waals surface area contributed by atoms with Gasteiger partial charge in [0.25, 0.3) is 5.91 Å². The molecular weight excluding hydrogens is 254 g/mol. The summed E-state index contributed by atoms with van der Waals surface area (Å²) >= 11 is 0. The van der Waals surface area contributed by atoms with E-state index in [4.69, 9.17) is 10.9 Å². The summed E-state index contributed by atoms with van der Waals surface area (Å²) in [4.78, 5) is 12.5. The maximum atomic E-state index is 12.5. The van der Waals surface area contributed by atoms with Crippen LogP contribution in [0.1, 0.15) is 48.2 Å². The Labute approximate surface area is 119 Å². The summed E-state index contributed by atoms with van der Waals surface area (Å²) < 4.78 is 0. The van der Waals surface area contributed by atoms with Crippen molar-refractivity contribution in [2.24, 2.45) is 10.9 Å². The minimum Gasteiger partial charge on any atom is -0.409 e. The first-order valence-electron chi connectivity index (χ1n) is 6.78. The highest BCUT2D eigenvalue weighted by molar-refractivity contribution is 6.01. The van der Waals surface area contributed by atoms with Gasteiger partial charge in [-0.1, -0.05) is 37.2 Å². The number of nitrogens with one attached hydrogen (secondary N) is 1. The molecule has 1 aromatic carbocycles. The molecule has 1 amide bonds. The van der Waals surface area contributed by atoms with E-state index in [-0.39, 0.29) is 11.7 Å². The Balaban J connectivity index is 3.16. The molecule has 0 atom stereocenters. The van der Waals surface area contributed by atoms with Crippen molar-refractivity contribution in [2.45, 2.75) is 46.1 Å². The van der Waals surface area contributed by atoms with Gasteiger partial charge in [0.2, 0.25) is 0 Å². The average Bonchev–Trinajstić information content (AvgIpc) is 2.43. The lowest BCUT2D eigenvalue weighted by Crippen LogP contribution is -2.57. The van der Waals surface area contributed by atoms with Crippen LogP contribution < -0.4 is 11.1 Å². The molecule has 1 aromatic rings. The molecule has 0 aliphatic carbocycles. The zero-order chi connectivity index (χ0) is 15.3. The minimum atomic E-state index is -0.819. The molecule has 5 heteroatoms. The summed E-state index contributed by atoms with van der Waals surface area (Å²) in [5, 5.41) is 14.9. The van der Waals surface area contributed by atoms with Crippen LogP contribution in [0.25, 0.3) is 0 Å². The molecule has 0 bridgehead atoms. The third-order valence-corrected chi connectivity index (χ3v) is 3.87. The molecule has 0 aliphatic heterocycles. The first-order valence-corrected chi connectivity index (χ1v) is 6.78. The van der Waals surface area contributed by atoms with E-state index >= 15 is 0 Å². The summed E-state index contributed by atoms with van der Waals surface area (Å²) in [5.41, 5.74) is 7.40. The zero-order valence-electron chi connectivity index (χ0n) is 12.5. The molecule has 0 aromatic heterocycles. The van der Waals surface area contributed by atoms with Crippen molar-refractivity contribution in [1.29, 1.82) is 0 Å². The van der Waals surface area contributed by atoms with E-state index in [2.05, 4.69) is 10.5 Å². The van der Waals surface area contributed by atoms with Crippen molar-refractivity contribution < 1.29 is 10.0 Å². The van der Waals surface area contributed by atoms with Gasteiger partial charge in [0.1, 0.15) is 5.54 Å². The Hall–Kier alpha value is -2.04. The molecule has 0 unspecified atom stereocenters. The number of hydrogen-bond donors (Lipinski definition) is 3. The Bertz CT molecular complexity index is 500. The quantitative estimate of drug-likeness (QED) is 0.334. The third-order valence-electron chi connectivity index (χ3n) is 3.87. The van der Waals surface area contributed by atoms with E-state index in [0.717, 1.165) is 11.1 Å². The number of hydrogen-bond acceptors (Lipinski definition) is 3. The molecule has 1 rings (SSSR count). The molecule has 0 heterocycles. The Morgan fingerprint density at radius 1 is 1.30 bits per heavy atom. The van der Waals surface area contributed by atoms with Crippen LogP contribution in [0.3, 0.4) is 0 Å². The molecule has 5 nitrogen and oxygen atoms in total. The van der Waals surface area contributed by atoms with Gasteiger partial charge in [-0.05, 0) is 37.8 Å². The molecule has 110 valence electrons. The first-order chi connectivity index (χ1) is 9.41. The zero-order valence-corrected chi connectivity index (χ0v) is 12.5. The van der Waals surface area contributed by atoms with Crippen LogP contribution in [0.2, 0.25) is 0 Å². The van der Waals surface area contributed by atoms with Gasteiger partial charge in [-0.3, -0.25) is 4.79 Å². The summed E-state index contributed by atoms with van der Waals surface area (Å²) in [6, 6.07) is 5.70. The van der Waals surface area contributed by atoms with Crippen LogP contribution in [0, 0.1) is 13.8 Å². The Kier molecular flexibility index (Phi) is 5.13. The highest BCUT2D eigenvalue weighted by Gasteiger charge is 2.34. The fraction of sp³-hybridized carbons (Fsp3) is 0.467. The topological polar surface area (TPSA) is 87.7 Å². The van der Waals surface area contributed by atoms with E-state index < -0.39 is 5.54 Å². The summed E-state index contributed by atoms with van der Waals surface area (Å²) in [7, 11) is 0. The summed E-state index contributed by atoms with van der Waals surface area (Å²) in [6.45, 7) is 7.58. The molecule has 0 saturated heterocycles. The fourth-order valence-corrected chi connectivity index (χ4v) is 2.40. The number of nitrogens with two attached hydrogens (primary N) is 1. The van der Waals surface area contributed by atoms with Gasteiger partial charge in [0.05, 0.1) is 0 Å². The second-order valence-corrected chi connectivity index (χ2v) is 5.00. The van der Waals surface area contributed by atoms with E-state index in [9.17, 15) is 4.79 Å². The molecule has 0 fully saturated rings. The van der Waals surface area contributed by atoms with Gasteiger partial charge in [-0.15, -0.1) is 0 Å². The van der Waals surface area contributed by atoms with Crippen molar-refractivity contribution in [2.75, 3.05) is 0 Å². The summed E-state index contributed by atoms with van der Waals surface area (Å²) in [6.07, 6.45) is 1.10. The van der Waals surface area contributed by atoms with E-state index in [1.54, 1.807) is 0 Å². The maximum absolute atomic E-state index is 12.5. The van der Waals surface area contributed by atoms with Crippen molar-refractivity contribution in [3.63, 3.8) is 0 Å². The number of amides is 1. The predicted octanol–water partition coefficient (Wildman–Crippen LogP) is 2.34. The fourth-order valence-electron chi connectivity index (χ4n) is 2.40. The van der Waals surface area contributed by atoms with Gasteiger partial charge in [-0.2, -0.15) is 0 Å². The second kappa shape index (κ2) is 6.41. The van der Waals surface area contributed by atoms with Gasteiger partial charge < -0.3 is 16.3 Å². The number of benzene rings is 1. The number of aryl methyl sites for hydroxylation is 2. The molecule has 0 aliphatic rings. The third kappa shape index (κ3) is 2.92. The molecule has 4 N–H and O–H groups in total. The van der Waals surface area contributed by atoms with Crippen molar-refractivity contribution in [1.82, 2.24) is 5.32 Å². The Morgan fingerprint density at radius 3 is 2.20 bits per heavy atom. The molecular formula is C15H23N3O2. The number of oxime groups is 1. The number of carbonyl (C=O) groups is 1. The molecule has 0 saturated carbocycles. The van der Waals surface area contributed by atoms with E-state index in [1.165, 1.54) is 0 Å². The van der Waals surface area contributed by atoms with Gasteiger partial charge in [0, 0.05) is 5.56 Å². The van der Waals surface area contributed by atoms with Crippen LogP contribution in [-0.2, 0) is 0 Å². The summed E-state index contributed by atoms with van der Waals surface area (Å²) in [5.74, 6) is -0.169. The normalized spacial score (nSPS) is 12.3. The van der Waals surface area contributed by atoms with Gasteiger partial charge in [0.15, 0.2) is 5.84 Å². The highest BCUT2D eigenvalue weighted by Crippen LogP contribution is 2.19. The van der Waals surface area contributed by atoms with Crippen LogP contribution in [0.5, 0.6) is 0 Å². The number of carbonyl (C=O) groups excluding carboxylic acids is 1. The van der Waals surface area contributed by atoms with Crippen LogP contribution in [0.15, 0.2) is 23.4 Å². The predicted molar refractivity (Wildman–Crippen MR) is 80.1 cm³/mol. The van der Waals surface area contributed by atoms with Crippen LogP contribution in [-0.4, -0.2) is 22.5 Å². The van der Waals surface area contributed by atoms with Crippen LogP contribution in [0.4, 0.5) is 0 Å². The highest BCUT2D eigenvalue weighted by atomic mass is 16.4. The lowest BCUT2D eigenvalue weighted by Gasteiger charge is -2.31. The lowest BCUT2D eigenvalue weighted by molar-refractivity contribution is 0.0916. The SMILES string of the molecule is CCC(CC)(NC(=O)c1c(C)cccc1C)/C(N)=N/O. The van der Waals surface area contributed by atoms with Gasteiger partial charge >= 0.3 is 0 Å². The first kappa shape index (κ1) is 16.0. The second-order valence-electron chi connectivity index (χ2n) is 5.00. The Morgan fingerprint density at radius 2 is 1.80 bits per heavy atom. The number of rotatable bonds is 5. The monoisotopic (exact) mass is 277 g/mol. The van der Waals surface area contributed by atoms with E-state index in [0.29, 0.717) is 18.4 Å². The van der Waals surface area contributed by atoms with Crippen LogP contribution >= 0.6 is 0 Å². The lowest BCUT2D eigenvalue weighted by atomic mass is 9.90. The number of amidine groups is 1. The number of nitrogens with zero attached hydrogens (tertiary/aromatic N) is 1. The smallest absolute Gasteiger partial charge is 0.252 e. The van der Waals surface area contributed by atoms with Crippen molar-refractivity contribution in [3.05, 3.63) is 34.9 Å².